The summed E-state index contributed by atoms with van der Waals surface area (Å²) in [6.07, 6.45) is 0. The summed E-state index contributed by atoms with van der Waals surface area (Å²) in [7, 11) is 3.12. The molecule has 1 N–H and O–H groups in total. The van der Waals surface area contributed by atoms with Crippen molar-refractivity contribution in [3.05, 3.63) is 23.3 Å². The van der Waals surface area contributed by atoms with Crippen molar-refractivity contribution in [2.24, 2.45) is 0 Å². The Bertz CT molecular complexity index is 388. The van der Waals surface area contributed by atoms with Crippen LogP contribution in [0.15, 0.2) is 12.1 Å². The van der Waals surface area contributed by atoms with Crippen molar-refractivity contribution in [3.8, 4) is 11.5 Å². The van der Waals surface area contributed by atoms with Crippen molar-refractivity contribution in [1.29, 1.82) is 0 Å². The van der Waals surface area contributed by atoms with E-state index in [0.717, 1.165) is 5.56 Å². The highest BCUT2D eigenvalue weighted by molar-refractivity contribution is 5.96. The van der Waals surface area contributed by atoms with Crippen molar-refractivity contribution in [2.45, 2.75) is 13.8 Å². The lowest BCUT2D eigenvalue weighted by Crippen LogP contribution is -2.23. The molecular formula is C12H17NO3. The normalized spacial score (nSPS) is 9.75. The molecule has 0 radical (unpaired) electrons. The third-order valence-corrected chi connectivity index (χ3v) is 2.31. The van der Waals surface area contributed by atoms with Gasteiger partial charge in [0.2, 0.25) is 0 Å². The Balaban J connectivity index is 3.15. The molecule has 1 rings (SSSR count). The van der Waals surface area contributed by atoms with Gasteiger partial charge in [-0.25, -0.2) is 0 Å². The Labute approximate surface area is 95.6 Å². The largest absolute Gasteiger partial charge is 0.493 e. The molecule has 0 saturated heterocycles. The van der Waals surface area contributed by atoms with E-state index in [0.29, 0.717) is 23.6 Å². The molecule has 0 heterocycles. The Hall–Kier alpha value is -1.71. The summed E-state index contributed by atoms with van der Waals surface area (Å²) in [5.41, 5.74) is 1.48. The Morgan fingerprint density at radius 2 is 1.81 bits per heavy atom. The number of ether oxygens (including phenoxy) is 2. The molecule has 0 aliphatic carbocycles. The smallest absolute Gasteiger partial charge is 0.251 e. The van der Waals surface area contributed by atoms with Gasteiger partial charge in [0, 0.05) is 12.1 Å². The van der Waals surface area contributed by atoms with Crippen molar-refractivity contribution >= 4 is 5.91 Å². The zero-order chi connectivity index (χ0) is 12.1. The van der Waals surface area contributed by atoms with Crippen LogP contribution >= 0.6 is 0 Å². The van der Waals surface area contributed by atoms with Gasteiger partial charge >= 0.3 is 0 Å². The second kappa shape index (κ2) is 5.39. The standard InChI is InChI=1S/C12H17NO3/c1-5-13-12(14)9-7-11(16-4)10(15-3)6-8(9)2/h6-7H,5H2,1-4H3,(H,13,14). The van der Waals surface area contributed by atoms with Crippen LogP contribution in [0.5, 0.6) is 11.5 Å². The van der Waals surface area contributed by atoms with Crippen molar-refractivity contribution in [1.82, 2.24) is 5.32 Å². The Morgan fingerprint density at radius 3 is 2.31 bits per heavy atom. The van der Waals surface area contributed by atoms with Gasteiger partial charge in [0.25, 0.3) is 5.91 Å². The average molecular weight is 223 g/mol. The van der Waals surface area contributed by atoms with Gasteiger partial charge in [0.15, 0.2) is 11.5 Å². The molecule has 1 amide bonds. The summed E-state index contributed by atoms with van der Waals surface area (Å²) < 4.78 is 10.3. The van der Waals surface area contributed by atoms with Crippen LogP contribution in [0, 0.1) is 6.92 Å². The van der Waals surface area contributed by atoms with Gasteiger partial charge in [0.05, 0.1) is 14.2 Å². The molecule has 1 aromatic carbocycles. The molecule has 0 saturated carbocycles. The van der Waals surface area contributed by atoms with E-state index in [1.54, 1.807) is 26.4 Å². The molecular weight excluding hydrogens is 206 g/mol. The molecule has 88 valence electrons. The molecule has 0 aliphatic rings. The van der Waals surface area contributed by atoms with Crippen LogP contribution in [0.1, 0.15) is 22.8 Å². The van der Waals surface area contributed by atoms with Crippen LogP contribution in [0.2, 0.25) is 0 Å². The van der Waals surface area contributed by atoms with Crippen molar-refractivity contribution in [3.63, 3.8) is 0 Å². The molecule has 0 bridgehead atoms. The van der Waals surface area contributed by atoms with Gasteiger partial charge in [0.1, 0.15) is 0 Å². The van der Waals surface area contributed by atoms with Crippen LogP contribution in [0.25, 0.3) is 0 Å². The number of amides is 1. The number of hydrogen-bond acceptors (Lipinski definition) is 3. The highest BCUT2D eigenvalue weighted by Crippen LogP contribution is 2.30. The van der Waals surface area contributed by atoms with E-state index in [1.807, 2.05) is 13.8 Å². The molecule has 0 fully saturated rings. The molecule has 0 unspecified atom stereocenters. The zero-order valence-corrected chi connectivity index (χ0v) is 10.1. The van der Waals surface area contributed by atoms with E-state index < -0.39 is 0 Å². The van der Waals surface area contributed by atoms with Gasteiger partial charge in [-0.2, -0.15) is 0 Å². The maximum atomic E-state index is 11.7. The number of carbonyl (C=O) groups excluding carboxylic acids is 1. The monoisotopic (exact) mass is 223 g/mol. The summed E-state index contributed by atoms with van der Waals surface area (Å²) >= 11 is 0. The van der Waals surface area contributed by atoms with E-state index in [4.69, 9.17) is 9.47 Å². The van der Waals surface area contributed by atoms with E-state index in [1.165, 1.54) is 0 Å². The zero-order valence-electron chi connectivity index (χ0n) is 10.1. The van der Waals surface area contributed by atoms with E-state index >= 15 is 0 Å². The van der Waals surface area contributed by atoms with E-state index in [2.05, 4.69) is 5.32 Å². The number of rotatable bonds is 4. The third kappa shape index (κ3) is 2.45. The highest BCUT2D eigenvalue weighted by atomic mass is 16.5. The number of aryl methyl sites for hydroxylation is 1. The fourth-order valence-electron chi connectivity index (χ4n) is 1.48. The van der Waals surface area contributed by atoms with Gasteiger partial charge in [-0.15, -0.1) is 0 Å². The van der Waals surface area contributed by atoms with Crippen LogP contribution in [-0.4, -0.2) is 26.7 Å². The summed E-state index contributed by atoms with van der Waals surface area (Å²) in [5.74, 6) is 1.10. The van der Waals surface area contributed by atoms with Crippen molar-refractivity contribution < 1.29 is 14.3 Å². The first-order valence-corrected chi connectivity index (χ1v) is 5.14. The fraction of sp³-hybridized carbons (Fsp3) is 0.417. The summed E-state index contributed by atoms with van der Waals surface area (Å²) in [5, 5.41) is 2.76. The molecule has 16 heavy (non-hydrogen) atoms. The Morgan fingerprint density at radius 1 is 1.25 bits per heavy atom. The first-order chi connectivity index (χ1) is 7.63. The molecule has 4 heteroatoms. The van der Waals surface area contributed by atoms with E-state index in [-0.39, 0.29) is 5.91 Å². The minimum absolute atomic E-state index is 0.0963. The van der Waals surface area contributed by atoms with Crippen LogP contribution < -0.4 is 14.8 Å². The number of carbonyl (C=O) groups is 1. The number of hydrogen-bond donors (Lipinski definition) is 1. The maximum absolute atomic E-state index is 11.7. The summed E-state index contributed by atoms with van der Waals surface area (Å²) in [6.45, 7) is 4.35. The molecule has 4 nitrogen and oxygen atoms in total. The number of benzene rings is 1. The molecule has 0 aliphatic heterocycles. The first-order valence-electron chi connectivity index (χ1n) is 5.14. The van der Waals surface area contributed by atoms with Crippen LogP contribution in [0.4, 0.5) is 0 Å². The maximum Gasteiger partial charge on any atom is 0.251 e. The number of nitrogens with one attached hydrogen (secondary N) is 1. The summed E-state index contributed by atoms with van der Waals surface area (Å²) in [4.78, 5) is 11.7. The van der Waals surface area contributed by atoms with Gasteiger partial charge < -0.3 is 14.8 Å². The highest BCUT2D eigenvalue weighted by Gasteiger charge is 2.13. The first kappa shape index (κ1) is 12.4. The predicted molar refractivity (Wildman–Crippen MR) is 62.3 cm³/mol. The van der Waals surface area contributed by atoms with Gasteiger partial charge in [-0.1, -0.05) is 0 Å². The van der Waals surface area contributed by atoms with Crippen LogP contribution in [-0.2, 0) is 0 Å². The topological polar surface area (TPSA) is 47.6 Å². The third-order valence-electron chi connectivity index (χ3n) is 2.31. The molecule has 0 atom stereocenters. The lowest BCUT2D eigenvalue weighted by atomic mass is 10.1. The molecule has 0 aromatic heterocycles. The summed E-state index contributed by atoms with van der Waals surface area (Å²) in [6, 6.07) is 3.49. The van der Waals surface area contributed by atoms with Crippen molar-refractivity contribution in [2.75, 3.05) is 20.8 Å². The second-order valence-electron chi connectivity index (χ2n) is 3.38. The quantitative estimate of drug-likeness (QED) is 0.846. The lowest BCUT2D eigenvalue weighted by molar-refractivity contribution is 0.0955. The predicted octanol–water partition coefficient (Wildman–Crippen LogP) is 1.76. The van der Waals surface area contributed by atoms with Gasteiger partial charge in [-0.05, 0) is 31.5 Å². The molecule has 0 spiro atoms. The minimum Gasteiger partial charge on any atom is -0.493 e. The number of methoxy groups -OCH3 is 2. The van der Waals surface area contributed by atoms with Gasteiger partial charge in [-0.3, -0.25) is 4.79 Å². The van der Waals surface area contributed by atoms with Crippen LogP contribution in [0.3, 0.4) is 0 Å². The average Bonchev–Trinajstić information content (AvgIpc) is 2.28. The SMILES string of the molecule is CCNC(=O)c1cc(OC)c(OC)cc1C. The lowest BCUT2D eigenvalue weighted by Gasteiger charge is -2.12. The minimum atomic E-state index is -0.0963. The van der Waals surface area contributed by atoms with E-state index in [9.17, 15) is 4.79 Å². The Kier molecular flexibility index (Phi) is 4.17. The second-order valence-corrected chi connectivity index (χ2v) is 3.38. The fourth-order valence-corrected chi connectivity index (χ4v) is 1.48. The molecule has 1 aromatic rings.